The van der Waals surface area contributed by atoms with Gasteiger partial charge in [-0.25, -0.2) is 9.48 Å². The molecular formula is C21H20ClN3O4. The SMILES string of the molecule is CC(C)Cn1nc(C(=O)OCC(=O)Nc2ccccc2Cl)c2ccccc2c1=O. The highest BCUT2D eigenvalue weighted by atomic mass is 35.5. The lowest BCUT2D eigenvalue weighted by molar-refractivity contribution is -0.119. The molecule has 8 heteroatoms. The number of amides is 1. The number of carbonyl (C=O) groups excluding carboxylic acids is 2. The van der Waals surface area contributed by atoms with Crippen LogP contribution in [0.3, 0.4) is 0 Å². The summed E-state index contributed by atoms with van der Waals surface area (Å²) in [5, 5.41) is 7.90. The predicted molar refractivity (Wildman–Crippen MR) is 111 cm³/mol. The van der Waals surface area contributed by atoms with Crippen LogP contribution in [0.5, 0.6) is 0 Å². The molecule has 0 atom stereocenters. The van der Waals surface area contributed by atoms with Crippen LogP contribution in [0.1, 0.15) is 24.3 Å². The van der Waals surface area contributed by atoms with Crippen molar-refractivity contribution in [3.8, 4) is 0 Å². The van der Waals surface area contributed by atoms with Gasteiger partial charge in [0.2, 0.25) is 0 Å². The Morgan fingerprint density at radius 2 is 1.76 bits per heavy atom. The molecule has 1 aromatic heterocycles. The van der Waals surface area contributed by atoms with Crippen LogP contribution in [-0.2, 0) is 16.1 Å². The van der Waals surface area contributed by atoms with E-state index in [1.807, 2.05) is 13.8 Å². The third-order valence-electron chi connectivity index (χ3n) is 4.08. The summed E-state index contributed by atoms with van der Waals surface area (Å²) < 4.78 is 6.40. The summed E-state index contributed by atoms with van der Waals surface area (Å²) in [6.45, 7) is 3.74. The summed E-state index contributed by atoms with van der Waals surface area (Å²) in [6.07, 6.45) is 0. The molecule has 0 fully saturated rings. The summed E-state index contributed by atoms with van der Waals surface area (Å²) in [5.74, 6) is -1.16. The van der Waals surface area contributed by atoms with Gasteiger partial charge in [-0.2, -0.15) is 5.10 Å². The third-order valence-corrected chi connectivity index (χ3v) is 4.41. The third kappa shape index (κ3) is 4.81. The van der Waals surface area contributed by atoms with E-state index in [1.165, 1.54) is 4.68 Å². The van der Waals surface area contributed by atoms with Crippen molar-refractivity contribution in [3.63, 3.8) is 0 Å². The average molecular weight is 414 g/mol. The number of nitrogens with zero attached hydrogens (tertiary/aromatic N) is 2. The monoisotopic (exact) mass is 413 g/mol. The molecule has 0 saturated carbocycles. The standard InChI is InChI=1S/C21H20ClN3O4/c1-13(2)11-25-20(27)15-8-4-3-7-14(15)19(24-25)21(28)29-12-18(26)23-17-10-6-5-9-16(17)22/h3-10,13H,11-12H2,1-2H3,(H,23,26). The van der Waals surface area contributed by atoms with Crippen molar-refractivity contribution in [1.82, 2.24) is 9.78 Å². The molecule has 2 aromatic carbocycles. The first kappa shape index (κ1) is 20.5. The molecule has 7 nitrogen and oxygen atoms in total. The number of rotatable bonds is 6. The first-order valence-electron chi connectivity index (χ1n) is 9.08. The van der Waals surface area contributed by atoms with Gasteiger partial charge < -0.3 is 10.1 Å². The summed E-state index contributed by atoms with van der Waals surface area (Å²) in [4.78, 5) is 37.3. The van der Waals surface area contributed by atoms with Crippen LogP contribution in [0.2, 0.25) is 5.02 Å². The molecule has 29 heavy (non-hydrogen) atoms. The van der Waals surface area contributed by atoms with Crippen molar-refractivity contribution in [2.45, 2.75) is 20.4 Å². The van der Waals surface area contributed by atoms with Gasteiger partial charge in [-0.15, -0.1) is 0 Å². The van der Waals surface area contributed by atoms with Gasteiger partial charge in [0.1, 0.15) is 0 Å². The molecule has 0 aliphatic carbocycles. The van der Waals surface area contributed by atoms with Crippen LogP contribution < -0.4 is 10.9 Å². The lowest BCUT2D eigenvalue weighted by Crippen LogP contribution is -2.29. The molecule has 3 aromatic rings. The Labute approximate surface area is 172 Å². The molecule has 0 saturated heterocycles. The maximum absolute atomic E-state index is 12.6. The second kappa shape index (κ2) is 8.87. The van der Waals surface area contributed by atoms with Crippen LogP contribution in [0, 0.1) is 5.92 Å². The smallest absolute Gasteiger partial charge is 0.359 e. The molecule has 0 spiro atoms. The lowest BCUT2D eigenvalue weighted by atomic mass is 10.1. The summed E-state index contributed by atoms with van der Waals surface area (Å²) in [7, 11) is 0. The van der Waals surface area contributed by atoms with E-state index in [2.05, 4.69) is 10.4 Å². The molecule has 0 radical (unpaired) electrons. The van der Waals surface area contributed by atoms with Crippen LogP contribution in [0.15, 0.2) is 53.3 Å². The van der Waals surface area contributed by atoms with Crippen molar-refractivity contribution >= 4 is 39.9 Å². The van der Waals surface area contributed by atoms with Crippen molar-refractivity contribution in [2.24, 2.45) is 5.92 Å². The maximum Gasteiger partial charge on any atom is 0.359 e. The first-order chi connectivity index (χ1) is 13.9. The summed E-state index contributed by atoms with van der Waals surface area (Å²) >= 11 is 6.00. The van der Waals surface area contributed by atoms with Gasteiger partial charge in [0.15, 0.2) is 12.3 Å². The molecule has 0 bridgehead atoms. The number of nitrogens with one attached hydrogen (secondary N) is 1. The van der Waals surface area contributed by atoms with E-state index in [1.54, 1.807) is 48.5 Å². The number of esters is 1. The van der Waals surface area contributed by atoms with Crippen LogP contribution >= 0.6 is 11.6 Å². The number of carbonyl (C=O) groups is 2. The quantitative estimate of drug-likeness (QED) is 0.624. The Hall–Kier alpha value is -3.19. The summed E-state index contributed by atoms with van der Waals surface area (Å²) in [6, 6.07) is 13.4. The number of hydrogen-bond donors (Lipinski definition) is 1. The summed E-state index contributed by atoms with van der Waals surface area (Å²) in [5.41, 5.74) is 0.137. The Bertz CT molecular complexity index is 1120. The topological polar surface area (TPSA) is 90.3 Å². The van der Waals surface area contributed by atoms with Crippen LogP contribution in [0.4, 0.5) is 5.69 Å². The number of hydrogen-bond acceptors (Lipinski definition) is 5. The number of aromatic nitrogens is 2. The maximum atomic E-state index is 12.6. The molecule has 1 heterocycles. The minimum atomic E-state index is -0.784. The van der Waals surface area contributed by atoms with Crippen LogP contribution in [0.25, 0.3) is 10.8 Å². The highest BCUT2D eigenvalue weighted by Crippen LogP contribution is 2.20. The number of para-hydroxylation sites is 1. The zero-order chi connectivity index (χ0) is 21.0. The van der Waals surface area contributed by atoms with Gasteiger partial charge in [0.25, 0.3) is 11.5 Å². The molecule has 3 rings (SSSR count). The molecule has 0 aliphatic heterocycles. The number of halogens is 1. The van der Waals surface area contributed by atoms with Gasteiger partial charge in [-0.05, 0) is 24.1 Å². The van der Waals surface area contributed by atoms with Crippen molar-refractivity contribution < 1.29 is 14.3 Å². The highest BCUT2D eigenvalue weighted by molar-refractivity contribution is 6.33. The normalized spacial score (nSPS) is 10.9. The van der Waals surface area contributed by atoms with E-state index < -0.39 is 18.5 Å². The Morgan fingerprint density at radius 1 is 1.10 bits per heavy atom. The molecular weight excluding hydrogens is 394 g/mol. The predicted octanol–water partition coefficient (Wildman–Crippen LogP) is 3.50. The van der Waals surface area contributed by atoms with Gasteiger partial charge >= 0.3 is 5.97 Å². The van der Waals surface area contributed by atoms with E-state index in [4.69, 9.17) is 16.3 Å². The fourth-order valence-electron chi connectivity index (χ4n) is 2.80. The Morgan fingerprint density at radius 3 is 2.45 bits per heavy atom. The van der Waals surface area contributed by atoms with Crippen LogP contribution in [-0.4, -0.2) is 28.3 Å². The highest BCUT2D eigenvalue weighted by Gasteiger charge is 2.19. The molecule has 0 aliphatic rings. The molecule has 150 valence electrons. The second-order valence-corrected chi connectivity index (χ2v) is 7.29. The molecule has 1 amide bonds. The zero-order valence-corrected chi connectivity index (χ0v) is 16.8. The fraction of sp³-hybridized carbons (Fsp3) is 0.238. The Kier molecular flexibility index (Phi) is 6.29. The first-order valence-corrected chi connectivity index (χ1v) is 9.46. The van der Waals surface area contributed by atoms with E-state index in [0.29, 0.717) is 28.0 Å². The van der Waals surface area contributed by atoms with Crippen molar-refractivity contribution in [1.29, 1.82) is 0 Å². The second-order valence-electron chi connectivity index (χ2n) is 6.88. The number of anilines is 1. The number of ether oxygens (including phenoxy) is 1. The lowest BCUT2D eigenvalue weighted by Gasteiger charge is -2.12. The minimum absolute atomic E-state index is 0.00797. The number of fused-ring (bicyclic) bond motifs is 1. The molecule has 0 unspecified atom stereocenters. The van der Waals surface area contributed by atoms with Crippen molar-refractivity contribution in [3.05, 3.63) is 69.6 Å². The van der Waals surface area contributed by atoms with E-state index in [9.17, 15) is 14.4 Å². The van der Waals surface area contributed by atoms with Crippen molar-refractivity contribution in [2.75, 3.05) is 11.9 Å². The fourth-order valence-corrected chi connectivity index (χ4v) is 2.99. The van der Waals surface area contributed by atoms with E-state index in [0.717, 1.165) is 0 Å². The van der Waals surface area contributed by atoms with Gasteiger partial charge in [0.05, 0.1) is 16.1 Å². The van der Waals surface area contributed by atoms with Gasteiger partial charge in [-0.1, -0.05) is 55.8 Å². The minimum Gasteiger partial charge on any atom is -0.451 e. The number of benzene rings is 2. The largest absolute Gasteiger partial charge is 0.451 e. The van der Waals surface area contributed by atoms with Gasteiger partial charge in [0, 0.05) is 11.9 Å². The van der Waals surface area contributed by atoms with Gasteiger partial charge in [-0.3, -0.25) is 9.59 Å². The molecule has 1 N–H and O–H groups in total. The zero-order valence-electron chi connectivity index (χ0n) is 16.0. The average Bonchev–Trinajstić information content (AvgIpc) is 2.70. The van der Waals surface area contributed by atoms with E-state index in [-0.39, 0.29) is 17.2 Å². The van der Waals surface area contributed by atoms with E-state index >= 15 is 0 Å². The Balaban J connectivity index is 1.81.